The molecule has 3 heteroatoms. The lowest BCUT2D eigenvalue weighted by atomic mass is 10.1. The van der Waals surface area contributed by atoms with Gasteiger partial charge in [0.2, 0.25) is 0 Å². The van der Waals surface area contributed by atoms with Crippen molar-refractivity contribution in [3.63, 3.8) is 0 Å². The Morgan fingerprint density at radius 3 is 2.60 bits per heavy atom. The van der Waals surface area contributed by atoms with Crippen molar-refractivity contribution in [2.45, 2.75) is 58.9 Å². The number of hydrogen-bond donors (Lipinski definition) is 1. The predicted octanol–water partition coefficient (Wildman–Crippen LogP) is 3.52. The van der Waals surface area contributed by atoms with Crippen LogP contribution in [0.5, 0.6) is 0 Å². The summed E-state index contributed by atoms with van der Waals surface area (Å²) < 4.78 is 0. The number of nitrogens with zero attached hydrogens (tertiary/aromatic N) is 2. The molecular weight excluding hydrogens is 246 g/mol. The average Bonchev–Trinajstić information content (AvgIpc) is 2.49. The summed E-state index contributed by atoms with van der Waals surface area (Å²) in [7, 11) is 0. The fourth-order valence-corrected chi connectivity index (χ4v) is 2.81. The predicted molar refractivity (Wildman–Crippen MR) is 86.3 cm³/mol. The van der Waals surface area contributed by atoms with Crippen LogP contribution in [-0.4, -0.2) is 24.6 Å². The fraction of sp³-hybridized carbons (Fsp3) is 0.706. The molecule has 112 valence electrons. The molecule has 0 aliphatic carbocycles. The summed E-state index contributed by atoms with van der Waals surface area (Å²) in [4.78, 5) is 7.34. The minimum atomic E-state index is 0.966. The van der Waals surface area contributed by atoms with Gasteiger partial charge in [-0.25, -0.2) is 4.98 Å². The maximum Gasteiger partial charge on any atom is 0.129 e. The lowest BCUT2D eigenvalue weighted by molar-refractivity contribution is 0.572. The van der Waals surface area contributed by atoms with Gasteiger partial charge >= 0.3 is 0 Å². The molecule has 3 nitrogen and oxygen atoms in total. The van der Waals surface area contributed by atoms with Gasteiger partial charge in [0.25, 0.3) is 0 Å². The van der Waals surface area contributed by atoms with Crippen molar-refractivity contribution in [2.75, 3.05) is 24.5 Å². The van der Waals surface area contributed by atoms with Gasteiger partial charge in [0.1, 0.15) is 5.82 Å². The molecule has 20 heavy (non-hydrogen) atoms. The van der Waals surface area contributed by atoms with E-state index < -0.39 is 0 Å². The third kappa shape index (κ3) is 4.48. The number of piperidine rings is 1. The van der Waals surface area contributed by atoms with E-state index in [2.05, 4.69) is 36.2 Å². The van der Waals surface area contributed by atoms with Crippen LogP contribution >= 0.6 is 0 Å². The molecule has 0 spiro atoms. The van der Waals surface area contributed by atoms with Crippen LogP contribution in [0.1, 0.15) is 57.2 Å². The summed E-state index contributed by atoms with van der Waals surface area (Å²) in [5.41, 5.74) is 2.64. The molecule has 1 fully saturated rings. The average molecular weight is 275 g/mol. The van der Waals surface area contributed by atoms with E-state index in [9.17, 15) is 0 Å². The zero-order valence-corrected chi connectivity index (χ0v) is 13.1. The van der Waals surface area contributed by atoms with E-state index >= 15 is 0 Å². The second-order valence-electron chi connectivity index (χ2n) is 5.80. The fourth-order valence-electron chi connectivity index (χ4n) is 2.81. The monoisotopic (exact) mass is 275 g/mol. The molecule has 0 atom stereocenters. The molecule has 0 bridgehead atoms. The van der Waals surface area contributed by atoms with Crippen molar-refractivity contribution < 1.29 is 0 Å². The minimum Gasteiger partial charge on any atom is -0.357 e. The topological polar surface area (TPSA) is 28.2 Å². The second-order valence-corrected chi connectivity index (χ2v) is 5.80. The number of aromatic nitrogens is 1. The molecule has 0 saturated carbocycles. The van der Waals surface area contributed by atoms with Gasteiger partial charge in [0.15, 0.2) is 0 Å². The summed E-state index contributed by atoms with van der Waals surface area (Å²) in [6.45, 7) is 8.83. The van der Waals surface area contributed by atoms with Crippen LogP contribution in [0.2, 0.25) is 0 Å². The largest absolute Gasteiger partial charge is 0.357 e. The summed E-state index contributed by atoms with van der Waals surface area (Å²) in [5.74, 6) is 1.20. The summed E-state index contributed by atoms with van der Waals surface area (Å²) in [5, 5.41) is 3.50. The second kappa shape index (κ2) is 8.25. The van der Waals surface area contributed by atoms with Gasteiger partial charge in [-0.1, -0.05) is 20.3 Å². The number of nitrogens with one attached hydrogen (secondary N) is 1. The van der Waals surface area contributed by atoms with E-state index in [0.717, 1.165) is 25.9 Å². The first-order valence-electron chi connectivity index (χ1n) is 8.29. The minimum absolute atomic E-state index is 0.966. The third-order valence-corrected chi connectivity index (χ3v) is 3.87. The number of aryl methyl sites for hydroxylation is 1. The van der Waals surface area contributed by atoms with Gasteiger partial charge in [0, 0.05) is 25.3 Å². The molecule has 1 N–H and O–H groups in total. The van der Waals surface area contributed by atoms with Crippen LogP contribution in [0, 0.1) is 0 Å². The van der Waals surface area contributed by atoms with Crippen LogP contribution in [-0.2, 0) is 13.0 Å². The quantitative estimate of drug-likeness (QED) is 0.772. The van der Waals surface area contributed by atoms with E-state index in [1.165, 1.54) is 55.8 Å². The van der Waals surface area contributed by atoms with Crippen molar-refractivity contribution in [1.29, 1.82) is 0 Å². The SMILES string of the molecule is CCCNCc1cc(CCC)nc(N2CCCCC2)c1. The molecular formula is C17H29N3. The maximum absolute atomic E-state index is 4.87. The van der Waals surface area contributed by atoms with Crippen molar-refractivity contribution >= 4 is 5.82 Å². The van der Waals surface area contributed by atoms with Crippen LogP contribution in [0.4, 0.5) is 5.82 Å². The zero-order valence-electron chi connectivity index (χ0n) is 13.1. The Morgan fingerprint density at radius 2 is 1.90 bits per heavy atom. The Hall–Kier alpha value is -1.09. The van der Waals surface area contributed by atoms with Gasteiger partial charge in [-0.05, 0) is 56.3 Å². The van der Waals surface area contributed by atoms with Crippen LogP contribution in [0.25, 0.3) is 0 Å². The lowest BCUT2D eigenvalue weighted by Crippen LogP contribution is -2.30. The van der Waals surface area contributed by atoms with Crippen LogP contribution in [0.15, 0.2) is 12.1 Å². The van der Waals surface area contributed by atoms with Gasteiger partial charge in [-0.3, -0.25) is 0 Å². The molecule has 2 rings (SSSR count). The van der Waals surface area contributed by atoms with Gasteiger partial charge < -0.3 is 10.2 Å². The number of anilines is 1. The van der Waals surface area contributed by atoms with Crippen LogP contribution in [0.3, 0.4) is 0 Å². The summed E-state index contributed by atoms with van der Waals surface area (Å²) >= 11 is 0. The highest BCUT2D eigenvalue weighted by Crippen LogP contribution is 2.20. The summed E-state index contributed by atoms with van der Waals surface area (Å²) in [6.07, 6.45) is 7.43. The van der Waals surface area contributed by atoms with E-state index in [4.69, 9.17) is 4.98 Å². The Kier molecular flexibility index (Phi) is 6.31. The molecule has 2 heterocycles. The highest BCUT2D eigenvalue weighted by molar-refractivity contribution is 5.43. The Labute approximate surface area is 123 Å². The standard InChI is InChI=1S/C17H29N3/c1-3-8-16-12-15(14-18-9-4-2)13-17(19-16)20-10-6-5-7-11-20/h12-13,18H,3-11,14H2,1-2H3. The molecule has 1 aromatic heterocycles. The van der Waals surface area contributed by atoms with Gasteiger partial charge in [0.05, 0.1) is 0 Å². The zero-order chi connectivity index (χ0) is 14.2. The van der Waals surface area contributed by atoms with E-state index in [1.807, 2.05) is 0 Å². The van der Waals surface area contributed by atoms with Gasteiger partial charge in [-0.2, -0.15) is 0 Å². The Bertz CT molecular complexity index is 397. The molecule has 0 amide bonds. The Balaban J connectivity index is 2.11. The first kappa shape index (κ1) is 15.3. The highest BCUT2D eigenvalue weighted by Gasteiger charge is 2.13. The molecule has 0 aromatic carbocycles. The number of rotatable bonds is 7. The molecule has 0 unspecified atom stereocenters. The highest BCUT2D eigenvalue weighted by atomic mass is 15.2. The Morgan fingerprint density at radius 1 is 1.10 bits per heavy atom. The summed E-state index contributed by atoms with van der Waals surface area (Å²) in [6, 6.07) is 4.56. The van der Waals surface area contributed by atoms with E-state index in [-0.39, 0.29) is 0 Å². The first-order valence-corrected chi connectivity index (χ1v) is 8.29. The lowest BCUT2D eigenvalue weighted by Gasteiger charge is -2.28. The van der Waals surface area contributed by atoms with E-state index in [1.54, 1.807) is 0 Å². The van der Waals surface area contributed by atoms with Crippen molar-refractivity contribution in [2.24, 2.45) is 0 Å². The number of pyridine rings is 1. The van der Waals surface area contributed by atoms with E-state index in [0.29, 0.717) is 0 Å². The third-order valence-electron chi connectivity index (χ3n) is 3.87. The smallest absolute Gasteiger partial charge is 0.129 e. The molecule has 1 aliphatic heterocycles. The van der Waals surface area contributed by atoms with Gasteiger partial charge in [-0.15, -0.1) is 0 Å². The first-order chi connectivity index (χ1) is 9.83. The maximum atomic E-state index is 4.87. The van der Waals surface area contributed by atoms with Crippen molar-refractivity contribution in [3.8, 4) is 0 Å². The molecule has 1 aliphatic rings. The van der Waals surface area contributed by atoms with Crippen LogP contribution < -0.4 is 10.2 Å². The molecule has 1 saturated heterocycles. The van der Waals surface area contributed by atoms with Crippen molar-refractivity contribution in [1.82, 2.24) is 10.3 Å². The van der Waals surface area contributed by atoms with Crippen molar-refractivity contribution in [3.05, 3.63) is 23.4 Å². The molecule has 0 radical (unpaired) electrons. The number of hydrogen-bond acceptors (Lipinski definition) is 3. The normalized spacial score (nSPS) is 15.6. The molecule has 1 aromatic rings.